The number of hydrogen-bond acceptors (Lipinski definition) is 3. The van der Waals surface area contributed by atoms with Crippen molar-refractivity contribution in [2.24, 2.45) is 5.73 Å². The molecular weight excluding hydrogens is 346 g/mol. The predicted octanol–water partition coefficient (Wildman–Crippen LogP) is 5.26. The molecule has 2 nitrogen and oxygen atoms in total. The van der Waals surface area contributed by atoms with E-state index in [2.05, 4.69) is 45.6 Å². The molecule has 0 radical (unpaired) electrons. The lowest BCUT2D eigenvalue weighted by atomic mass is 10.0. The number of nitrogens with two attached hydrogens (primary N) is 1. The first-order chi connectivity index (χ1) is 10.2. The topological polar surface area (TPSA) is 35.2 Å². The van der Waals surface area contributed by atoms with E-state index >= 15 is 0 Å². The second-order valence-electron chi connectivity index (χ2n) is 4.97. The van der Waals surface area contributed by atoms with Gasteiger partial charge in [0.15, 0.2) is 0 Å². The van der Waals surface area contributed by atoms with E-state index in [4.69, 9.17) is 10.5 Å². The van der Waals surface area contributed by atoms with Crippen LogP contribution in [-0.2, 0) is 6.61 Å². The van der Waals surface area contributed by atoms with Gasteiger partial charge in [0.1, 0.15) is 12.4 Å². The third-order valence-corrected chi connectivity index (χ3v) is 5.34. The summed E-state index contributed by atoms with van der Waals surface area (Å²) in [5.41, 5.74) is 7.14. The summed E-state index contributed by atoms with van der Waals surface area (Å²) in [4.78, 5) is 1.18. The van der Waals surface area contributed by atoms with Crippen LogP contribution in [0.2, 0.25) is 0 Å². The molecule has 21 heavy (non-hydrogen) atoms. The van der Waals surface area contributed by atoms with Crippen LogP contribution in [0, 0.1) is 0 Å². The molecule has 0 bridgehead atoms. The second-order valence-corrected chi connectivity index (χ2v) is 6.83. The third-order valence-electron chi connectivity index (χ3n) is 3.44. The highest BCUT2D eigenvalue weighted by atomic mass is 79.9. The number of ether oxygens (including phenoxy) is 1. The largest absolute Gasteiger partial charge is 0.487 e. The molecule has 0 unspecified atom stereocenters. The second kappa shape index (κ2) is 6.18. The molecule has 0 aliphatic rings. The Morgan fingerprint density at radius 2 is 2.00 bits per heavy atom. The molecule has 0 amide bonds. The molecule has 0 fully saturated rings. The van der Waals surface area contributed by atoms with E-state index in [9.17, 15) is 0 Å². The number of halogens is 1. The molecule has 0 spiro atoms. The minimum atomic E-state index is -0.0589. The van der Waals surface area contributed by atoms with E-state index in [-0.39, 0.29) is 6.04 Å². The van der Waals surface area contributed by atoms with Gasteiger partial charge in [-0.3, -0.25) is 0 Å². The Balaban J connectivity index is 2.02. The smallest absolute Gasteiger partial charge is 0.132 e. The van der Waals surface area contributed by atoms with Crippen molar-refractivity contribution in [3.63, 3.8) is 0 Å². The van der Waals surface area contributed by atoms with Crippen molar-refractivity contribution in [3.05, 3.63) is 62.8 Å². The molecule has 0 saturated heterocycles. The molecule has 2 N–H and O–H groups in total. The maximum atomic E-state index is 6.14. The molecule has 1 heterocycles. The lowest BCUT2D eigenvalue weighted by molar-refractivity contribution is 0.308. The summed E-state index contributed by atoms with van der Waals surface area (Å²) in [5, 5.41) is 4.33. The minimum absolute atomic E-state index is 0.0589. The van der Waals surface area contributed by atoms with Gasteiger partial charge in [-0.1, -0.05) is 36.4 Å². The van der Waals surface area contributed by atoms with Crippen LogP contribution < -0.4 is 10.5 Å². The van der Waals surface area contributed by atoms with Gasteiger partial charge in [0.25, 0.3) is 0 Å². The van der Waals surface area contributed by atoms with Crippen LogP contribution in [0.25, 0.3) is 10.8 Å². The van der Waals surface area contributed by atoms with E-state index in [1.54, 1.807) is 11.3 Å². The molecule has 3 aromatic rings. The van der Waals surface area contributed by atoms with Gasteiger partial charge in [-0.15, -0.1) is 11.3 Å². The van der Waals surface area contributed by atoms with Gasteiger partial charge >= 0.3 is 0 Å². The highest BCUT2D eigenvalue weighted by Gasteiger charge is 2.13. The monoisotopic (exact) mass is 361 g/mol. The van der Waals surface area contributed by atoms with Crippen LogP contribution >= 0.6 is 27.3 Å². The first kappa shape index (κ1) is 14.6. The summed E-state index contributed by atoms with van der Waals surface area (Å²) in [6, 6.07) is 14.4. The Morgan fingerprint density at radius 3 is 2.71 bits per heavy atom. The number of benzene rings is 2. The Hall–Kier alpha value is -1.36. The Bertz CT molecular complexity index is 766. The Labute approximate surface area is 136 Å². The summed E-state index contributed by atoms with van der Waals surface area (Å²) < 4.78 is 7.23. The molecule has 0 aliphatic heterocycles. The minimum Gasteiger partial charge on any atom is -0.487 e. The molecular formula is C17H16BrNOS. The van der Waals surface area contributed by atoms with Gasteiger partial charge in [-0.25, -0.2) is 0 Å². The molecule has 0 aliphatic carbocycles. The summed E-state index contributed by atoms with van der Waals surface area (Å²) in [7, 11) is 0. The van der Waals surface area contributed by atoms with E-state index in [1.165, 1.54) is 10.3 Å². The summed E-state index contributed by atoms with van der Waals surface area (Å²) in [6.07, 6.45) is 0. The van der Waals surface area contributed by atoms with Gasteiger partial charge < -0.3 is 10.5 Å². The van der Waals surface area contributed by atoms with Crippen LogP contribution in [0.3, 0.4) is 0 Å². The quantitative estimate of drug-likeness (QED) is 0.687. The maximum Gasteiger partial charge on any atom is 0.132 e. The highest BCUT2D eigenvalue weighted by molar-refractivity contribution is 9.10. The molecule has 4 heteroatoms. The fraction of sp³-hybridized carbons (Fsp3) is 0.176. The van der Waals surface area contributed by atoms with Crippen molar-refractivity contribution in [1.82, 2.24) is 0 Å². The fourth-order valence-corrected chi connectivity index (χ4v) is 3.72. The molecule has 108 valence electrons. The molecule has 1 aromatic heterocycles. The normalized spacial score (nSPS) is 12.5. The van der Waals surface area contributed by atoms with Crippen molar-refractivity contribution in [1.29, 1.82) is 0 Å². The SMILES string of the molecule is C[C@H](N)c1ccc2ccccc2c1OCc1sccc1Br. The molecule has 2 aromatic carbocycles. The number of rotatable bonds is 4. The van der Waals surface area contributed by atoms with Crippen molar-refractivity contribution in [2.45, 2.75) is 19.6 Å². The van der Waals surface area contributed by atoms with Gasteiger partial charge in [-0.2, -0.15) is 0 Å². The van der Waals surface area contributed by atoms with Gasteiger partial charge in [0, 0.05) is 21.5 Å². The fourth-order valence-electron chi connectivity index (χ4n) is 2.35. The first-order valence-electron chi connectivity index (χ1n) is 6.78. The molecule has 1 atom stereocenters. The predicted molar refractivity (Wildman–Crippen MR) is 92.9 cm³/mol. The van der Waals surface area contributed by atoms with E-state index in [0.29, 0.717) is 6.61 Å². The lowest BCUT2D eigenvalue weighted by Gasteiger charge is -2.16. The van der Waals surface area contributed by atoms with Crippen molar-refractivity contribution in [2.75, 3.05) is 0 Å². The van der Waals surface area contributed by atoms with Crippen LogP contribution in [0.15, 0.2) is 52.3 Å². The van der Waals surface area contributed by atoms with Gasteiger partial charge in [0.05, 0.1) is 4.88 Å². The zero-order valence-corrected chi connectivity index (χ0v) is 14.1. The molecule has 3 rings (SSSR count). The van der Waals surface area contributed by atoms with E-state index in [0.717, 1.165) is 21.2 Å². The van der Waals surface area contributed by atoms with Crippen molar-refractivity contribution in [3.8, 4) is 5.75 Å². The van der Waals surface area contributed by atoms with Gasteiger partial charge in [0.2, 0.25) is 0 Å². The highest BCUT2D eigenvalue weighted by Crippen LogP contribution is 2.34. The zero-order valence-electron chi connectivity index (χ0n) is 11.7. The maximum absolute atomic E-state index is 6.14. The lowest BCUT2D eigenvalue weighted by Crippen LogP contribution is -2.08. The van der Waals surface area contributed by atoms with Crippen LogP contribution in [0.1, 0.15) is 23.4 Å². The van der Waals surface area contributed by atoms with Crippen LogP contribution in [0.4, 0.5) is 0 Å². The van der Waals surface area contributed by atoms with Crippen LogP contribution in [0.5, 0.6) is 5.75 Å². The van der Waals surface area contributed by atoms with E-state index < -0.39 is 0 Å². The summed E-state index contributed by atoms with van der Waals surface area (Å²) in [5.74, 6) is 0.892. The van der Waals surface area contributed by atoms with Gasteiger partial charge in [-0.05, 0) is 39.7 Å². The Morgan fingerprint density at radius 1 is 1.19 bits per heavy atom. The summed E-state index contributed by atoms with van der Waals surface area (Å²) in [6.45, 7) is 2.53. The Kier molecular flexibility index (Phi) is 4.29. The average molecular weight is 362 g/mol. The average Bonchev–Trinajstić information content (AvgIpc) is 2.89. The van der Waals surface area contributed by atoms with Crippen molar-refractivity contribution < 1.29 is 4.74 Å². The third kappa shape index (κ3) is 2.98. The first-order valence-corrected chi connectivity index (χ1v) is 8.46. The standard InChI is InChI=1S/C17H16BrNOS/c1-11(19)13-7-6-12-4-2-3-5-14(12)17(13)20-10-16-15(18)8-9-21-16/h2-9,11H,10,19H2,1H3/t11-/m0/s1. The van der Waals surface area contributed by atoms with E-state index in [1.807, 2.05) is 25.1 Å². The number of thiophene rings is 1. The number of fused-ring (bicyclic) bond motifs is 1. The molecule has 0 saturated carbocycles. The zero-order chi connectivity index (χ0) is 14.8. The van der Waals surface area contributed by atoms with Crippen molar-refractivity contribution >= 4 is 38.0 Å². The number of hydrogen-bond donors (Lipinski definition) is 1. The summed E-state index contributed by atoms with van der Waals surface area (Å²) >= 11 is 5.23. The van der Waals surface area contributed by atoms with Crippen LogP contribution in [-0.4, -0.2) is 0 Å².